The molecule has 1 aromatic rings. The van der Waals surface area contributed by atoms with Gasteiger partial charge in [-0.25, -0.2) is 4.98 Å². The Hall–Kier alpha value is -1.32. The topological polar surface area (TPSA) is 47.0 Å². The molecule has 0 aromatic carbocycles. The van der Waals surface area contributed by atoms with Crippen LogP contribution in [0.15, 0.2) is 0 Å². The van der Waals surface area contributed by atoms with Gasteiger partial charge < -0.3 is 10.1 Å². The number of anilines is 1. The molecule has 4 nitrogen and oxygen atoms in total. The van der Waals surface area contributed by atoms with E-state index in [0.717, 1.165) is 42.7 Å². The molecule has 1 rings (SSSR count). The molecule has 1 unspecified atom stereocenters. The van der Waals surface area contributed by atoms with Crippen molar-refractivity contribution in [3.63, 3.8) is 0 Å². The van der Waals surface area contributed by atoms with Crippen molar-refractivity contribution in [1.29, 1.82) is 0 Å². The van der Waals surface area contributed by atoms with E-state index < -0.39 is 0 Å². The summed E-state index contributed by atoms with van der Waals surface area (Å²) in [4.78, 5) is 8.85. The molecule has 114 valence electrons. The Labute approximate surface area is 123 Å². The molecule has 0 fully saturated rings. The summed E-state index contributed by atoms with van der Waals surface area (Å²) in [7, 11) is 0. The predicted molar refractivity (Wildman–Crippen MR) is 84.5 cm³/mol. The molecule has 0 radical (unpaired) electrons. The molecular weight excluding hydrogens is 250 g/mol. The van der Waals surface area contributed by atoms with Gasteiger partial charge in [-0.3, -0.25) is 0 Å². The summed E-state index contributed by atoms with van der Waals surface area (Å²) in [6.45, 7) is 12.0. The first kappa shape index (κ1) is 16.7. The molecule has 0 spiro atoms. The minimum atomic E-state index is 0.618. The van der Waals surface area contributed by atoms with E-state index in [1.807, 2.05) is 13.8 Å². The SMILES string of the molecule is CCCCC(CC)COc1nc(C)nc(NCC)c1C. The van der Waals surface area contributed by atoms with Gasteiger partial charge in [0.15, 0.2) is 0 Å². The molecule has 1 heterocycles. The zero-order valence-electron chi connectivity index (χ0n) is 13.6. The second-order valence-corrected chi connectivity index (χ2v) is 5.31. The Bertz CT molecular complexity index is 407. The summed E-state index contributed by atoms with van der Waals surface area (Å²) in [5, 5.41) is 3.26. The zero-order chi connectivity index (χ0) is 15.0. The van der Waals surface area contributed by atoms with Crippen molar-refractivity contribution in [2.45, 2.75) is 60.3 Å². The van der Waals surface area contributed by atoms with Crippen molar-refractivity contribution in [3.05, 3.63) is 11.4 Å². The van der Waals surface area contributed by atoms with Crippen LogP contribution in [0.4, 0.5) is 5.82 Å². The molecule has 1 N–H and O–H groups in total. The van der Waals surface area contributed by atoms with Gasteiger partial charge in [0.1, 0.15) is 11.6 Å². The first-order valence-electron chi connectivity index (χ1n) is 7.84. The van der Waals surface area contributed by atoms with E-state index in [1.165, 1.54) is 19.3 Å². The molecule has 0 aliphatic rings. The van der Waals surface area contributed by atoms with Crippen LogP contribution in [-0.4, -0.2) is 23.1 Å². The number of hydrogen-bond acceptors (Lipinski definition) is 4. The molecule has 20 heavy (non-hydrogen) atoms. The molecule has 1 atom stereocenters. The molecule has 1 aromatic heterocycles. The lowest BCUT2D eigenvalue weighted by molar-refractivity contribution is 0.224. The van der Waals surface area contributed by atoms with E-state index in [1.54, 1.807) is 0 Å². The summed E-state index contributed by atoms with van der Waals surface area (Å²) in [5.74, 6) is 2.98. The lowest BCUT2D eigenvalue weighted by Gasteiger charge is -2.17. The van der Waals surface area contributed by atoms with Crippen LogP contribution in [0.5, 0.6) is 5.88 Å². The first-order chi connectivity index (χ1) is 9.62. The quantitative estimate of drug-likeness (QED) is 0.738. The van der Waals surface area contributed by atoms with Gasteiger partial charge >= 0.3 is 0 Å². The number of ether oxygens (including phenoxy) is 1. The van der Waals surface area contributed by atoms with Crippen LogP contribution in [0.2, 0.25) is 0 Å². The average molecular weight is 279 g/mol. The number of aryl methyl sites for hydroxylation is 1. The van der Waals surface area contributed by atoms with Crippen LogP contribution in [0.1, 0.15) is 57.8 Å². The highest BCUT2D eigenvalue weighted by molar-refractivity contribution is 5.48. The van der Waals surface area contributed by atoms with Gasteiger partial charge in [-0.05, 0) is 33.1 Å². The van der Waals surface area contributed by atoms with Crippen LogP contribution in [0, 0.1) is 19.8 Å². The molecule has 0 aliphatic heterocycles. The van der Waals surface area contributed by atoms with Crippen molar-refractivity contribution in [2.24, 2.45) is 5.92 Å². The molecule has 0 bridgehead atoms. The number of aromatic nitrogens is 2. The maximum atomic E-state index is 5.96. The highest BCUT2D eigenvalue weighted by Gasteiger charge is 2.12. The molecule has 0 aliphatic carbocycles. The van der Waals surface area contributed by atoms with E-state index in [-0.39, 0.29) is 0 Å². The minimum absolute atomic E-state index is 0.618. The van der Waals surface area contributed by atoms with Crippen molar-refractivity contribution < 1.29 is 4.74 Å². The molecule has 0 amide bonds. The maximum Gasteiger partial charge on any atom is 0.221 e. The fourth-order valence-electron chi connectivity index (χ4n) is 2.18. The molecule has 0 saturated carbocycles. The highest BCUT2D eigenvalue weighted by Crippen LogP contribution is 2.23. The van der Waals surface area contributed by atoms with Gasteiger partial charge in [-0.1, -0.05) is 33.1 Å². The second-order valence-electron chi connectivity index (χ2n) is 5.31. The van der Waals surface area contributed by atoms with Crippen LogP contribution in [-0.2, 0) is 0 Å². The lowest BCUT2D eigenvalue weighted by Crippen LogP contribution is -2.14. The van der Waals surface area contributed by atoms with Crippen LogP contribution < -0.4 is 10.1 Å². The van der Waals surface area contributed by atoms with Gasteiger partial charge in [-0.2, -0.15) is 4.98 Å². The standard InChI is InChI=1S/C16H29N3O/c1-6-9-10-14(7-2)11-20-16-12(4)15(17-8-3)18-13(5)19-16/h14H,6-11H2,1-5H3,(H,17,18,19). The van der Waals surface area contributed by atoms with Crippen molar-refractivity contribution in [1.82, 2.24) is 9.97 Å². The van der Waals surface area contributed by atoms with Crippen molar-refractivity contribution >= 4 is 5.82 Å². The summed E-state index contributed by atoms with van der Waals surface area (Å²) >= 11 is 0. The third-order valence-corrected chi connectivity index (χ3v) is 3.56. The fraction of sp³-hybridized carbons (Fsp3) is 0.750. The lowest BCUT2D eigenvalue weighted by atomic mass is 10.0. The number of rotatable bonds is 9. The van der Waals surface area contributed by atoms with Gasteiger partial charge in [0.25, 0.3) is 0 Å². The van der Waals surface area contributed by atoms with E-state index in [4.69, 9.17) is 4.74 Å². The molecule has 0 saturated heterocycles. The Balaban J connectivity index is 2.71. The largest absolute Gasteiger partial charge is 0.477 e. The Morgan fingerprint density at radius 2 is 1.90 bits per heavy atom. The van der Waals surface area contributed by atoms with E-state index in [0.29, 0.717) is 5.92 Å². The zero-order valence-corrected chi connectivity index (χ0v) is 13.6. The Morgan fingerprint density at radius 1 is 1.15 bits per heavy atom. The number of nitrogens with zero attached hydrogens (tertiary/aromatic N) is 2. The third kappa shape index (κ3) is 4.99. The van der Waals surface area contributed by atoms with Crippen LogP contribution >= 0.6 is 0 Å². The number of nitrogens with one attached hydrogen (secondary N) is 1. The number of unbranched alkanes of at least 4 members (excludes halogenated alkanes) is 1. The molecular formula is C16H29N3O. The van der Waals surface area contributed by atoms with Crippen LogP contribution in [0.3, 0.4) is 0 Å². The summed E-state index contributed by atoms with van der Waals surface area (Å²) in [6, 6.07) is 0. The Kier molecular flexibility index (Phi) is 7.34. The predicted octanol–water partition coefficient (Wildman–Crippen LogP) is 4.12. The van der Waals surface area contributed by atoms with Gasteiger partial charge in [0.05, 0.1) is 12.2 Å². The van der Waals surface area contributed by atoms with Gasteiger partial charge in [0.2, 0.25) is 5.88 Å². The minimum Gasteiger partial charge on any atom is -0.477 e. The van der Waals surface area contributed by atoms with E-state index >= 15 is 0 Å². The monoisotopic (exact) mass is 279 g/mol. The third-order valence-electron chi connectivity index (χ3n) is 3.56. The normalized spacial score (nSPS) is 12.2. The van der Waals surface area contributed by atoms with Gasteiger partial charge in [-0.15, -0.1) is 0 Å². The van der Waals surface area contributed by atoms with Crippen LogP contribution in [0.25, 0.3) is 0 Å². The maximum absolute atomic E-state index is 5.96. The van der Waals surface area contributed by atoms with E-state index in [9.17, 15) is 0 Å². The van der Waals surface area contributed by atoms with Crippen molar-refractivity contribution in [2.75, 3.05) is 18.5 Å². The highest BCUT2D eigenvalue weighted by atomic mass is 16.5. The van der Waals surface area contributed by atoms with Gasteiger partial charge in [0, 0.05) is 6.54 Å². The Morgan fingerprint density at radius 3 is 2.50 bits per heavy atom. The smallest absolute Gasteiger partial charge is 0.221 e. The summed E-state index contributed by atoms with van der Waals surface area (Å²) in [5.41, 5.74) is 1.00. The average Bonchev–Trinajstić information content (AvgIpc) is 2.44. The summed E-state index contributed by atoms with van der Waals surface area (Å²) < 4.78 is 5.96. The second kappa shape index (κ2) is 8.77. The number of hydrogen-bond donors (Lipinski definition) is 1. The molecule has 4 heteroatoms. The fourth-order valence-corrected chi connectivity index (χ4v) is 2.18. The van der Waals surface area contributed by atoms with E-state index in [2.05, 4.69) is 36.1 Å². The van der Waals surface area contributed by atoms with Crippen molar-refractivity contribution in [3.8, 4) is 5.88 Å². The summed E-state index contributed by atoms with van der Waals surface area (Å²) in [6.07, 6.45) is 4.90. The first-order valence-corrected chi connectivity index (χ1v) is 7.84.